The number of para-hydroxylation sites is 2. The van der Waals surface area contributed by atoms with Gasteiger partial charge >= 0.3 is 30.5 Å². The molecule has 0 unspecified atom stereocenters. The molecule has 0 radical (unpaired) electrons. The number of halogens is 10. The lowest BCUT2D eigenvalue weighted by Crippen LogP contribution is -2.43. The summed E-state index contributed by atoms with van der Waals surface area (Å²) < 4.78 is 180. The average molecular weight is 1700 g/mol. The maximum absolute atomic E-state index is 15.1. The van der Waals surface area contributed by atoms with E-state index in [2.05, 4.69) is 86.0 Å². The van der Waals surface area contributed by atoms with Gasteiger partial charge in [0, 0.05) is 53.9 Å². The number of piperidine rings is 3. The number of nitrogens with zero attached hydrogens (tertiary/aromatic N) is 9. The number of carbonyl (C=O) groups is 6. The van der Waals surface area contributed by atoms with Gasteiger partial charge in [-0.05, 0) is 183 Å². The molecule has 121 heavy (non-hydrogen) atoms. The van der Waals surface area contributed by atoms with Crippen molar-refractivity contribution in [3.8, 4) is 52.1 Å². The Balaban J connectivity index is 0.000000190. The van der Waals surface area contributed by atoms with Crippen molar-refractivity contribution in [3.63, 3.8) is 0 Å². The van der Waals surface area contributed by atoms with Crippen molar-refractivity contribution in [1.82, 2.24) is 60.6 Å². The molecule has 3 fully saturated rings. The summed E-state index contributed by atoms with van der Waals surface area (Å²) in [5.41, 5.74) is 2.76. The molecule has 0 spiro atoms. The lowest BCUT2D eigenvalue weighted by molar-refractivity contribution is -0.140. The molecule has 12 rings (SSSR count). The number of anilines is 6. The first-order chi connectivity index (χ1) is 57.6. The Morgan fingerprint density at radius 2 is 0.785 bits per heavy atom. The summed E-state index contributed by atoms with van der Waals surface area (Å²) in [6.45, 7) is 5.18. The molecule has 642 valence electrons. The summed E-state index contributed by atoms with van der Waals surface area (Å²) >= 11 is 0. The van der Waals surface area contributed by atoms with Gasteiger partial charge in [0.1, 0.15) is 68.1 Å². The molecule has 3 aromatic heterocycles. The monoisotopic (exact) mass is 1690 g/mol. The number of hydrogen-bond donors (Lipinski definition) is 7. The number of hydrogen-bond acceptors (Lipinski definition) is 26. The van der Waals surface area contributed by atoms with Gasteiger partial charge in [-0.2, -0.15) is 54.5 Å². The predicted octanol–water partition coefficient (Wildman–Crippen LogP) is 13.3. The fourth-order valence-electron chi connectivity index (χ4n) is 12.5. The Kier molecular flexibility index (Phi) is 30.1. The van der Waals surface area contributed by atoms with Gasteiger partial charge < -0.3 is 90.2 Å². The Morgan fingerprint density at radius 3 is 1.16 bits per heavy atom. The summed E-state index contributed by atoms with van der Waals surface area (Å²) in [5.74, 6) is -7.41. The van der Waals surface area contributed by atoms with Gasteiger partial charge in [0.15, 0.2) is 0 Å². The zero-order valence-corrected chi connectivity index (χ0v) is 66.3. The van der Waals surface area contributed by atoms with E-state index >= 15 is 4.39 Å². The van der Waals surface area contributed by atoms with Gasteiger partial charge in [0.05, 0.1) is 64.6 Å². The SMILES string of the molecule is COC(=O)c1ccccc1Oc1nc(Nc2cc(F)c(C(=O)NC3CCN(C)CC3)cc2OC)ncc1C(F)(F)F.COC(=O)c1ccccc1Oc1nc(Nc2ccc(C(=O)NC3CCN(C)CC3)cc2OC)ncc1C(F)(F)F.COc1cc(C(=O)NC2CCN(C)CC2)ccc1Nc1ncc(C(F)(F)F)c(Oc2cccc(CC(N)=O)c2)n1. The van der Waals surface area contributed by atoms with Crippen LogP contribution in [0, 0.1) is 5.82 Å². The highest BCUT2D eigenvalue weighted by atomic mass is 19.4. The molecular weight excluding hydrogens is 1610 g/mol. The maximum Gasteiger partial charge on any atom is 0.423 e. The highest BCUT2D eigenvalue weighted by Crippen LogP contribution is 2.43. The van der Waals surface area contributed by atoms with E-state index in [0.717, 1.165) is 98.1 Å². The molecule has 0 aliphatic carbocycles. The summed E-state index contributed by atoms with van der Waals surface area (Å²) in [6, 6.07) is 28.6. The number of nitrogens with one attached hydrogen (secondary N) is 6. The number of ether oxygens (including phenoxy) is 8. The van der Waals surface area contributed by atoms with Gasteiger partial charge in [-0.1, -0.05) is 36.4 Å². The Bertz CT molecular complexity index is 5180. The van der Waals surface area contributed by atoms with E-state index in [9.17, 15) is 68.3 Å². The predicted molar refractivity (Wildman–Crippen MR) is 419 cm³/mol. The highest BCUT2D eigenvalue weighted by molar-refractivity contribution is 5.98. The van der Waals surface area contributed by atoms with Crippen LogP contribution in [0.25, 0.3) is 0 Å². The second kappa shape index (κ2) is 40.5. The number of amides is 4. The van der Waals surface area contributed by atoms with Gasteiger partial charge in [-0.25, -0.2) is 28.9 Å². The molecule has 40 heteroatoms. The third-order valence-electron chi connectivity index (χ3n) is 19.0. The van der Waals surface area contributed by atoms with Gasteiger partial charge in [-0.3, -0.25) is 19.2 Å². The van der Waals surface area contributed by atoms with Crippen LogP contribution in [0.4, 0.5) is 78.8 Å². The van der Waals surface area contributed by atoms with Crippen LogP contribution in [-0.2, 0) is 39.2 Å². The number of alkyl halides is 9. The van der Waals surface area contributed by atoms with Crippen LogP contribution < -0.4 is 66.1 Å². The van der Waals surface area contributed by atoms with Crippen LogP contribution in [0.5, 0.6) is 52.1 Å². The van der Waals surface area contributed by atoms with E-state index in [1.807, 2.05) is 21.1 Å². The number of esters is 2. The Morgan fingerprint density at radius 1 is 0.421 bits per heavy atom. The first-order valence-electron chi connectivity index (χ1n) is 37.2. The first-order valence-corrected chi connectivity index (χ1v) is 37.2. The van der Waals surface area contributed by atoms with E-state index in [1.54, 1.807) is 24.3 Å². The van der Waals surface area contributed by atoms with Crippen LogP contribution in [-0.4, -0.2) is 194 Å². The zero-order chi connectivity index (χ0) is 87.5. The lowest BCUT2D eigenvalue weighted by Gasteiger charge is -2.29. The number of aromatic nitrogens is 6. The van der Waals surface area contributed by atoms with Gasteiger partial charge in [0.2, 0.25) is 41.4 Å². The molecule has 4 amide bonds. The molecule has 3 aliphatic rings. The number of nitrogens with two attached hydrogens (primary N) is 1. The van der Waals surface area contributed by atoms with E-state index in [4.69, 9.17) is 34.2 Å². The molecule has 8 N–H and O–H groups in total. The Hall–Kier alpha value is -13.2. The highest BCUT2D eigenvalue weighted by Gasteiger charge is 2.40. The van der Waals surface area contributed by atoms with Gasteiger partial charge in [-0.15, -0.1) is 0 Å². The molecule has 0 atom stereocenters. The van der Waals surface area contributed by atoms with Crippen molar-refractivity contribution in [3.05, 3.63) is 196 Å². The third-order valence-corrected chi connectivity index (χ3v) is 19.0. The molecule has 0 bridgehead atoms. The summed E-state index contributed by atoms with van der Waals surface area (Å²) in [7, 11) is 12.4. The van der Waals surface area contributed by atoms with E-state index in [0.29, 0.717) is 46.7 Å². The summed E-state index contributed by atoms with van der Waals surface area (Å²) in [6.07, 6.45) is -8.14. The molecule has 3 saturated heterocycles. The smallest absolute Gasteiger partial charge is 0.423 e. The largest absolute Gasteiger partial charge is 0.495 e. The minimum absolute atomic E-state index is 0.0157. The van der Waals surface area contributed by atoms with Crippen molar-refractivity contribution in [2.24, 2.45) is 5.73 Å². The number of carbonyl (C=O) groups excluding carboxylic acids is 6. The van der Waals surface area contributed by atoms with E-state index in [1.165, 1.54) is 112 Å². The molecule has 0 saturated carbocycles. The van der Waals surface area contributed by atoms with E-state index in [-0.39, 0.29) is 105 Å². The minimum Gasteiger partial charge on any atom is -0.495 e. The third kappa shape index (κ3) is 24.7. The topological polar surface area (TPSA) is 362 Å². The molecule has 30 nitrogen and oxygen atoms in total. The van der Waals surface area contributed by atoms with Crippen molar-refractivity contribution in [2.75, 3.05) is 112 Å². The first kappa shape index (κ1) is 90.1. The van der Waals surface area contributed by atoms with Crippen LogP contribution in [0.1, 0.15) is 113 Å². The molecule has 6 aromatic carbocycles. The number of rotatable bonds is 25. The normalized spacial score (nSPS) is 14.4. The zero-order valence-electron chi connectivity index (χ0n) is 66.3. The summed E-state index contributed by atoms with van der Waals surface area (Å²) in [4.78, 5) is 103. The van der Waals surface area contributed by atoms with Crippen molar-refractivity contribution in [2.45, 2.75) is 81.6 Å². The molecular formula is C81H84F10N16O14. The van der Waals surface area contributed by atoms with Gasteiger partial charge in [0.25, 0.3) is 17.7 Å². The van der Waals surface area contributed by atoms with Crippen LogP contribution in [0.15, 0.2) is 140 Å². The minimum atomic E-state index is -4.90. The van der Waals surface area contributed by atoms with Crippen LogP contribution in [0.2, 0.25) is 0 Å². The fraction of sp³-hybridized carbons (Fsp3) is 0.333. The van der Waals surface area contributed by atoms with Crippen molar-refractivity contribution < 1.29 is 111 Å². The van der Waals surface area contributed by atoms with Crippen LogP contribution in [0.3, 0.4) is 0 Å². The number of likely N-dealkylation sites (tertiary alicyclic amines) is 3. The van der Waals surface area contributed by atoms with Crippen molar-refractivity contribution >= 4 is 70.5 Å². The fourth-order valence-corrected chi connectivity index (χ4v) is 12.5. The van der Waals surface area contributed by atoms with Crippen molar-refractivity contribution in [1.29, 1.82) is 0 Å². The summed E-state index contributed by atoms with van der Waals surface area (Å²) in [5, 5.41) is 17.1. The molecule has 3 aliphatic heterocycles. The number of benzene rings is 6. The molecule has 6 heterocycles. The van der Waals surface area contributed by atoms with E-state index < -0.39 is 88.4 Å². The molecule has 9 aromatic rings. The second-order valence-electron chi connectivity index (χ2n) is 27.7. The second-order valence-corrected chi connectivity index (χ2v) is 27.7. The average Bonchev–Trinajstić information content (AvgIpc) is 0.797. The number of primary amides is 1. The number of methoxy groups -OCH3 is 5. The van der Waals surface area contributed by atoms with Crippen LogP contribution >= 0.6 is 0 Å². The Labute approximate surface area is 686 Å². The quantitative estimate of drug-likeness (QED) is 0.0206. The standard InChI is InChI=1S/C27H27F4N5O5.C27H29F3N6O4.C27H28F3N5O5/c1-36-10-8-15(9-11-36)33-23(37)17-12-22(39-2)20(13-19(17)28)34-26-32-14-18(27(29,30)31)24(35-26)41-21-7-5-4-6-16(21)25(38)40-3;1-36-10-8-18(9-11-36)33-24(38)17-6-7-21(22(14-17)39-2)34-26-32-15-20(27(28,29)30)25(35-26)40-19-5-3-4-16(12-19)13-23(31)37;1-35-12-10-17(11-13-35)32-23(36)16-8-9-20(22(14-16)38-2)33-26-31-15-19(27(28,29)30)24(34-26)40-21-7-5-4-6-18(21)25(37)39-3/h4-7,12-15H,8-11H2,1-3H3,(H,33,37)(H,32,34,35);3-7,12,14-15,18H,8-11,13H2,1-2H3,(H2,31,37)(H,33,38)(H,32,34,35);4-9,14-15,17H,10-13H2,1-3H3,(H,32,36)(H,31,33,34). The lowest BCUT2D eigenvalue weighted by atomic mass is 10.0. The maximum atomic E-state index is 15.1.